The van der Waals surface area contributed by atoms with Crippen LogP contribution in [0.15, 0.2) is 30.3 Å². The second kappa shape index (κ2) is 7.58. The number of piperidine rings is 1. The van der Waals surface area contributed by atoms with Gasteiger partial charge in [0.1, 0.15) is 0 Å². The zero-order valence-corrected chi connectivity index (χ0v) is 15.8. The van der Waals surface area contributed by atoms with Gasteiger partial charge in [-0.25, -0.2) is 0 Å². The fourth-order valence-corrected chi connectivity index (χ4v) is 3.58. The second-order valence-electron chi connectivity index (χ2n) is 6.85. The first-order valence-electron chi connectivity index (χ1n) is 8.68. The van der Waals surface area contributed by atoms with Crippen LogP contribution in [0, 0.1) is 6.92 Å². The molecule has 1 aromatic carbocycles. The molecule has 134 valence electrons. The molecule has 0 bridgehead atoms. The van der Waals surface area contributed by atoms with Crippen molar-refractivity contribution in [2.75, 3.05) is 20.1 Å². The summed E-state index contributed by atoms with van der Waals surface area (Å²) >= 11 is 6.06. The maximum absolute atomic E-state index is 12.6. The molecule has 1 amide bonds. The number of halogens is 1. The second-order valence-corrected chi connectivity index (χ2v) is 7.28. The molecule has 1 fully saturated rings. The quantitative estimate of drug-likeness (QED) is 0.841. The lowest BCUT2D eigenvalue weighted by Crippen LogP contribution is -2.45. The van der Waals surface area contributed by atoms with Gasteiger partial charge in [0, 0.05) is 50.5 Å². The molecular formula is C19H25ClN4O. The van der Waals surface area contributed by atoms with Gasteiger partial charge < -0.3 is 4.90 Å². The third-order valence-electron chi connectivity index (χ3n) is 5.05. The van der Waals surface area contributed by atoms with E-state index in [2.05, 4.69) is 16.1 Å². The summed E-state index contributed by atoms with van der Waals surface area (Å²) in [5.74, 6) is 0.0111. The molecule has 1 aliphatic heterocycles. The Morgan fingerprint density at radius 2 is 2.04 bits per heavy atom. The third kappa shape index (κ3) is 4.22. The van der Waals surface area contributed by atoms with Crippen LogP contribution in [0.5, 0.6) is 0 Å². The Kier molecular flexibility index (Phi) is 5.45. The van der Waals surface area contributed by atoms with Crippen LogP contribution in [0.4, 0.5) is 0 Å². The van der Waals surface area contributed by atoms with Gasteiger partial charge in [0.15, 0.2) is 5.69 Å². The van der Waals surface area contributed by atoms with Crippen molar-refractivity contribution < 1.29 is 4.79 Å². The van der Waals surface area contributed by atoms with Gasteiger partial charge in [-0.3, -0.25) is 14.4 Å². The molecular weight excluding hydrogens is 336 g/mol. The highest BCUT2D eigenvalue weighted by Crippen LogP contribution is 2.20. The van der Waals surface area contributed by atoms with Gasteiger partial charge in [0.25, 0.3) is 5.91 Å². The van der Waals surface area contributed by atoms with Crippen LogP contribution in [-0.4, -0.2) is 51.7 Å². The van der Waals surface area contributed by atoms with Crippen LogP contribution in [0.1, 0.15) is 34.6 Å². The van der Waals surface area contributed by atoms with E-state index in [4.69, 9.17) is 11.6 Å². The van der Waals surface area contributed by atoms with Crippen LogP contribution >= 0.6 is 11.6 Å². The number of aromatic nitrogens is 2. The minimum atomic E-state index is 0.0111. The summed E-state index contributed by atoms with van der Waals surface area (Å²) in [5, 5.41) is 5.09. The number of amides is 1. The zero-order valence-electron chi connectivity index (χ0n) is 15.1. The highest BCUT2D eigenvalue weighted by Gasteiger charge is 2.27. The molecule has 0 saturated carbocycles. The first-order valence-corrected chi connectivity index (χ1v) is 9.06. The Bertz CT molecular complexity index is 730. The monoisotopic (exact) mass is 360 g/mol. The van der Waals surface area contributed by atoms with Crippen LogP contribution < -0.4 is 0 Å². The molecule has 1 aliphatic rings. The van der Waals surface area contributed by atoms with Crippen molar-refractivity contribution in [3.8, 4) is 0 Å². The Morgan fingerprint density at radius 3 is 2.64 bits per heavy atom. The highest BCUT2D eigenvalue weighted by atomic mass is 35.5. The number of hydrogen-bond donors (Lipinski definition) is 0. The fourth-order valence-electron chi connectivity index (χ4n) is 3.37. The Labute approximate surface area is 154 Å². The number of nitrogens with zero attached hydrogens (tertiary/aromatic N) is 4. The standard InChI is InChI=1S/C19H25ClN4O/c1-14-11-18(21-23(14)3)19(25)22(2)17-7-9-24(10-8-17)13-15-5-4-6-16(20)12-15/h4-6,11-12,17H,7-10,13H2,1-3H3. The van der Waals surface area contributed by atoms with E-state index in [9.17, 15) is 4.79 Å². The Hall–Kier alpha value is -1.85. The molecule has 3 rings (SSSR count). The number of rotatable bonds is 4. The maximum Gasteiger partial charge on any atom is 0.274 e. The van der Waals surface area contributed by atoms with E-state index in [1.54, 1.807) is 4.68 Å². The summed E-state index contributed by atoms with van der Waals surface area (Å²) in [5.41, 5.74) is 2.76. The number of likely N-dealkylation sites (tertiary alicyclic amines) is 1. The van der Waals surface area contributed by atoms with Crippen molar-refractivity contribution in [3.05, 3.63) is 52.3 Å². The van der Waals surface area contributed by atoms with Crippen LogP contribution in [0.2, 0.25) is 5.02 Å². The van der Waals surface area contributed by atoms with Crippen LogP contribution in [-0.2, 0) is 13.6 Å². The lowest BCUT2D eigenvalue weighted by molar-refractivity contribution is 0.0630. The minimum Gasteiger partial charge on any atom is -0.337 e. The lowest BCUT2D eigenvalue weighted by atomic mass is 10.0. The molecule has 5 nitrogen and oxygen atoms in total. The van der Waals surface area contributed by atoms with E-state index in [-0.39, 0.29) is 11.9 Å². The zero-order chi connectivity index (χ0) is 18.0. The molecule has 0 radical (unpaired) electrons. The van der Waals surface area contributed by atoms with E-state index in [0.29, 0.717) is 5.69 Å². The SMILES string of the molecule is Cc1cc(C(=O)N(C)C2CCN(Cc3cccc(Cl)c3)CC2)nn1C. The number of hydrogen-bond acceptors (Lipinski definition) is 3. The topological polar surface area (TPSA) is 41.4 Å². The van der Waals surface area contributed by atoms with Crippen molar-refractivity contribution in [3.63, 3.8) is 0 Å². The molecule has 0 unspecified atom stereocenters. The molecule has 0 N–H and O–H groups in total. The van der Waals surface area contributed by atoms with E-state index >= 15 is 0 Å². The number of aryl methyl sites for hydroxylation is 2. The van der Waals surface area contributed by atoms with Crippen molar-refractivity contribution >= 4 is 17.5 Å². The Morgan fingerprint density at radius 1 is 1.32 bits per heavy atom. The smallest absolute Gasteiger partial charge is 0.274 e. The largest absolute Gasteiger partial charge is 0.337 e. The summed E-state index contributed by atoms with van der Waals surface area (Å²) < 4.78 is 1.74. The third-order valence-corrected chi connectivity index (χ3v) is 5.29. The number of carbonyl (C=O) groups excluding carboxylic acids is 1. The highest BCUT2D eigenvalue weighted by molar-refractivity contribution is 6.30. The number of carbonyl (C=O) groups is 1. The lowest BCUT2D eigenvalue weighted by Gasteiger charge is -2.36. The molecule has 0 atom stereocenters. The van der Waals surface area contributed by atoms with Gasteiger partial charge in [-0.2, -0.15) is 5.10 Å². The summed E-state index contributed by atoms with van der Waals surface area (Å²) in [7, 11) is 3.75. The Balaban J connectivity index is 1.55. The predicted molar refractivity (Wildman–Crippen MR) is 99.8 cm³/mol. The fraction of sp³-hybridized carbons (Fsp3) is 0.474. The van der Waals surface area contributed by atoms with Gasteiger partial charge in [0.05, 0.1) is 0 Å². The molecule has 0 spiro atoms. The number of benzene rings is 1. The first-order chi connectivity index (χ1) is 11.9. The average molecular weight is 361 g/mol. The van der Waals surface area contributed by atoms with E-state index in [1.807, 2.05) is 50.2 Å². The van der Waals surface area contributed by atoms with E-state index < -0.39 is 0 Å². The van der Waals surface area contributed by atoms with Gasteiger partial charge >= 0.3 is 0 Å². The molecule has 25 heavy (non-hydrogen) atoms. The van der Waals surface area contributed by atoms with Gasteiger partial charge in [-0.05, 0) is 43.5 Å². The molecule has 0 aliphatic carbocycles. The van der Waals surface area contributed by atoms with E-state index in [0.717, 1.165) is 43.2 Å². The van der Waals surface area contributed by atoms with Crippen molar-refractivity contribution in [1.82, 2.24) is 19.6 Å². The van der Waals surface area contributed by atoms with Crippen molar-refractivity contribution in [2.24, 2.45) is 7.05 Å². The minimum absolute atomic E-state index is 0.0111. The molecule has 6 heteroatoms. The molecule has 2 heterocycles. The maximum atomic E-state index is 12.6. The molecule has 1 aromatic heterocycles. The summed E-state index contributed by atoms with van der Waals surface area (Å²) in [6.45, 7) is 4.83. The van der Waals surface area contributed by atoms with Crippen molar-refractivity contribution in [2.45, 2.75) is 32.4 Å². The van der Waals surface area contributed by atoms with Crippen LogP contribution in [0.25, 0.3) is 0 Å². The normalized spacial score (nSPS) is 16.2. The summed E-state index contributed by atoms with van der Waals surface area (Å²) in [6.07, 6.45) is 1.96. The molecule has 1 saturated heterocycles. The van der Waals surface area contributed by atoms with Gasteiger partial charge in [-0.1, -0.05) is 23.7 Å². The first kappa shape index (κ1) is 18.0. The summed E-state index contributed by atoms with van der Waals surface area (Å²) in [6, 6.07) is 10.1. The van der Waals surface area contributed by atoms with Crippen molar-refractivity contribution in [1.29, 1.82) is 0 Å². The summed E-state index contributed by atoms with van der Waals surface area (Å²) in [4.78, 5) is 16.9. The predicted octanol–water partition coefficient (Wildman–Crippen LogP) is 3.12. The van der Waals surface area contributed by atoms with Gasteiger partial charge in [-0.15, -0.1) is 0 Å². The van der Waals surface area contributed by atoms with E-state index in [1.165, 1.54) is 5.56 Å². The van der Waals surface area contributed by atoms with Gasteiger partial charge in [0.2, 0.25) is 0 Å². The average Bonchev–Trinajstić information content (AvgIpc) is 2.93. The van der Waals surface area contributed by atoms with Crippen LogP contribution in [0.3, 0.4) is 0 Å². The molecule has 2 aromatic rings.